The number of nitrogens with one attached hydrogen (secondary N) is 1. The fourth-order valence-electron chi connectivity index (χ4n) is 1.30. The third-order valence-corrected chi connectivity index (χ3v) is 3.62. The maximum Gasteiger partial charge on any atom is 1.00 e. The number of hydrogen-bond acceptors (Lipinski definition) is 6. The van der Waals surface area contributed by atoms with E-state index >= 15 is 0 Å². The molecule has 1 aromatic heterocycles. The molecule has 102 valence electrons. The summed E-state index contributed by atoms with van der Waals surface area (Å²) in [6.45, 7) is 0. The fraction of sp³-hybridized carbons (Fsp3) is 0.0909. The molecule has 0 unspecified atom stereocenters. The molecular weight excluding hydrogens is 291 g/mol. The summed E-state index contributed by atoms with van der Waals surface area (Å²) in [4.78, 5) is 7.74. The van der Waals surface area contributed by atoms with Crippen LogP contribution in [0, 0.1) is 0 Å². The average molecular weight is 304 g/mol. The van der Waals surface area contributed by atoms with E-state index in [2.05, 4.69) is 14.7 Å². The monoisotopic (exact) mass is 304 g/mol. The molecule has 0 atom stereocenters. The van der Waals surface area contributed by atoms with Crippen LogP contribution in [0.2, 0.25) is 0 Å². The van der Waals surface area contributed by atoms with Crippen LogP contribution in [0.5, 0.6) is 5.75 Å². The molecule has 0 saturated heterocycles. The van der Waals surface area contributed by atoms with Crippen molar-refractivity contribution in [2.45, 2.75) is 4.90 Å². The van der Waals surface area contributed by atoms with E-state index in [9.17, 15) is 8.42 Å². The van der Waals surface area contributed by atoms with Crippen molar-refractivity contribution in [3.8, 4) is 5.75 Å². The van der Waals surface area contributed by atoms with Gasteiger partial charge in [-0.2, -0.15) is 0 Å². The van der Waals surface area contributed by atoms with E-state index in [1.54, 1.807) is 0 Å². The van der Waals surface area contributed by atoms with Crippen LogP contribution in [-0.2, 0) is 10.0 Å². The third kappa shape index (κ3) is 4.07. The minimum absolute atomic E-state index is 0. The number of nitrogens with zero attached hydrogens (tertiary/aromatic N) is 2. The first-order valence-corrected chi connectivity index (χ1v) is 6.74. The molecule has 3 N–H and O–H groups in total. The fourth-order valence-corrected chi connectivity index (χ4v) is 2.26. The molecule has 0 fully saturated rings. The van der Waals surface area contributed by atoms with Gasteiger partial charge in [-0.25, -0.2) is 23.1 Å². The molecule has 0 spiro atoms. The Bertz CT molecular complexity index is 665. The van der Waals surface area contributed by atoms with Crippen LogP contribution in [0.25, 0.3) is 0 Å². The number of anilines is 2. The molecule has 0 bridgehead atoms. The number of hydrogen-bond donors (Lipinski definition) is 2. The van der Waals surface area contributed by atoms with E-state index in [4.69, 9.17) is 10.5 Å². The zero-order valence-corrected chi connectivity index (χ0v) is 13.9. The zero-order valence-electron chi connectivity index (χ0n) is 12.1. The van der Waals surface area contributed by atoms with Crippen LogP contribution in [-0.4, -0.2) is 25.5 Å². The van der Waals surface area contributed by atoms with E-state index in [0.29, 0.717) is 11.4 Å². The number of ether oxygens (including phenoxy) is 1. The Morgan fingerprint density at radius 2 is 1.75 bits per heavy atom. The van der Waals surface area contributed by atoms with Crippen LogP contribution in [0.3, 0.4) is 0 Å². The molecule has 20 heavy (non-hydrogen) atoms. The van der Waals surface area contributed by atoms with Crippen molar-refractivity contribution in [1.29, 1.82) is 0 Å². The molecule has 1 heterocycles. The molecule has 0 aliphatic rings. The van der Waals surface area contributed by atoms with Crippen molar-refractivity contribution in [2.24, 2.45) is 0 Å². The summed E-state index contributed by atoms with van der Waals surface area (Å²) in [6, 6.07) is 5.81. The van der Waals surface area contributed by atoms with Crippen molar-refractivity contribution in [3.05, 3.63) is 36.7 Å². The van der Waals surface area contributed by atoms with Crippen LogP contribution < -0.4 is 44.7 Å². The Hall–Kier alpha value is -1.35. The van der Waals surface area contributed by atoms with Crippen LogP contribution in [0.1, 0.15) is 1.43 Å². The summed E-state index contributed by atoms with van der Waals surface area (Å²) in [6.07, 6.45) is 2.74. The molecule has 0 amide bonds. The zero-order chi connectivity index (χ0) is 13.9. The summed E-state index contributed by atoms with van der Waals surface area (Å²) >= 11 is 0. The van der Waals surface area contributed by atoms with Crippen LogP contribution in [0.15, 0.2) is 41.6 Å². The van der Waals surface area contributed by atoms with Crippen molar-refractivity contribution >= 4 is 21.7 Å². The summed E-state index contributed by atoms with van der Waals surface area (Å²) in [7, 11) is -2.25. The Kier molecular flexibility index (Phi) is 5.75. The van der Waals surface area contributed by atoms with Gasteiger partial charge in [0.1, 0.15) is 0 Å². The van der Waals surface area contributed by atoms with Crippen molar-refractivity contribution in [1.82, 2.24) is 9.97 Å². The minimum atomic E-state index is -3.72. The minimum Gasteiger partial charge on any atom is -1.00 e. The first kappa shape index (κ1) is 16.7. The van der Waals surface area contributed by atoms with Gasteiger partial charge in [0, 0.05) is 5.69 Å². The normalized spacial score (nSPS) is 10.4. The predicted octanol–water partition coefficient (Wildman–Crippen LogP) is -2.02. The largest absolute Gasteiger partial charge is 1.00 e. The van der Waals surface area contributed by atoms with Crippen molar-refractivity contribution < 1.29 is 44.1 Å². The number of benzene rings is 1. The topological polar surface area (TPSA) is 107 Å². The van der Waals surface area contributed by atoms with E-state index < -0.39 is 10.0 Å². The SMILES string of the molecule is COc1cnc(NS(=O)(=O)c2ccc(N)cc2)nc1.[H-].[Na+]. The molecule has 9 heteroatoms. The number of nitrogens with two attached hydrogens (primary N) is 1. The van der Waals surface area contributed by atoms with Gasteiger partial charge < -0.3 is 11.9 Å². The van der Waals surface area contributed by atoms with Gasteiger partial charge in [0.05, 0.1) is 24.4 Å². The Labute approximate surface area is 140 Å². The molecule has 1 aromatic carbocycles. The van der Waals surface area contributed by atoms with Crippen molar-refractivity contribution in [3.63, 3.8) is 0 Å². The van der Waals surface area contributed by atoms with Gasteiger partial charge in [-0.3, -0.25) is 0 Å². The Morgan fingerprint density at radius 1 is 1.20 bits per heavy atom. The average Bonchev–Trinajstić information content (AvgIpc) is 2.40. The summed E-state index contributed by atoms with van der Waals surface area (Å²) in [5, 5.41) is 0. The van der Waals surface area contributed by atoms with Crippen molar-refractivity contribution in [2.75, 3.05) is 17.6 Å². The summed E-state index contributed by atoms with van der Waals surface area (Å²) in [5.74, 6) is 0.410. The number of rotatable bonds is 4. The standard InChI is InChI=1S/C11H12N4O3S.Na.H/c1-18-9-6-13-11(14-7-9)15-19(16,17)10-4-2-8(12)3-5-10;;/h2-7H,12H2,1H3,(H,13,14,15);;/q;+1;-1. The second-order valence-electron chi connectivity index (χ2n) is 3.62. The number of sulfonamides is 1. The van der Waals surface area contributed by atoms with E-state index in [1.807, 2.05) is 0 Å². The van der Waals surface area contributed by atoms with Crippen LogP contribution in [0.4, 0.5) is 11.6 Å². The molecule has 0 saturated carbocycles. The smallest absolute Gasteiger partial charge is 1.00 e. The maximum absolute atomic E-state index is 12.0. The van der Waals surface area contributed by atoms with E-state index in [1.165, 1.54) is 43.8 Å². The molecule has 2 rings (SSSR count). The first-order chi connectivity index (χ1) is 9.01. The third-order valence-electron chi connectivity index (χ3n) is 2.28. The molecule has 0 aliphatic carbocycles. The molecular formula is C11H13N4NaO3S. The second kappa shape index (κ2) is 6.89. The maximum atomic E-state index is 12.0. The van der Waals surface area contributed by atoms with Gasteiger partial charge in [0.25, 0.3) is 10.0 Å². The van der Waals surface area contributed by atoms with Gasteiger partial charge in [0.2, 0.25) is 5.95 Å². The quantitative estimate of drug-likeness (QED) is 0.499. The first-order valence-electron chi connectivity index (χ1n) is 5.25. The molecule has 0 radical (unpaired) electrons. The van der Waals surface area contributed by atoms with Gasteiger partial charge in [0.15, 0.2) is 5.75 Å². The van der Waals surface area contributed by atoms with E-state index in [0.717, 1.165) is 0 Å². The Balaban J connectivity index is 0.00000200. The number of aromatic nitrogens is 2. The van der Waals surface area contributed by atoms with Gasteiger partial charge >= 0.3 is 29.6 Å². The van der Waals surface area contributed by atoms with E-state index in [-0.39, 0.29) is 41.8 Å². The van der Waals surface area contributed by atoms with Crippen LogP contribution >= 0.6 is 0 Å². The molecule has 7 nitrogen and oxygen atoms in total. The number of methoxy groups -OCH3 is 1. The predicted molar refractivity (Wildman–Crippen MR) is 71.4 cm³/mol. The molecule has 0 aliphatic heterocycles. The number of nitrogen functional groups attached to an aromatic ring is 1. The summed E-state index contributed by atoms with van der Waals surface area (Å²) in [5.41, 5.74) is 5.99. The van der Waals surface area contributed by atoms with Gasteiger partial charge in [-0.1, -0.05) is 0 Å². The van der Waals surface area contributed by atoms with Gasteiger partial charge in [-0.05, 0) is 24.3 Å². The van der Waals surface area contributed by atoms with Gasteiger partial charge in [-0.15, -0.1) is 0 Å². The molecule has 2 aromatic rings. The summed E-state index contributed by atoms with van der Waals surface area (Å²) < 4.78 is 31.1. The second-order valence-corrected chi connectivity index (χ2v) is 5.30. The Morgan fingerprint density at radius 3 is 2.25 bits per heavy atom.